The Kier molecular flexibility index (Phi) is 5.65. The van der Waals surface area contributed by atoms with Crippen molar-refractivity contribution in [2.45, 2.75) is 12.8 Å². The molecular weight excluding hydrogens is 248 g/mol. The Bertz CT molecular complexity index is 511. The van der Waals surface area contributed by atoms with Crippen LogP contribution in [0.2, 0.25) is 0 Å². The molecule has 0 aliphatic heterocycles. The molecule has 0 bridgehead atoms. The van der Waals surface area contributed by atoms with Crippen LogP contribution in [0.15, 0.2) is 60.7 Å². The first kappa shape index (κ1) is 14.1. The minimum Gasteiger partial charge on any atom is -0.385 e. The highest BCUT2D eigenvalue weighted by Gasteiger charge is 2.01. The molecule has 2 rings (SSSR count). The standard InChI is InChI=1S/C17H20N2O/c20-17(14-15-8-3-1-4-9-15)19-13-7-12-18-16-10-5-2-6-11-16/h1-6,8-11,18H,7,12-14H2,(H,19,20). The first-order valence-corrected chi connectivity index (χ1v) is 6.94. The van der Waals surface area contributed by atoms with E-state index in [0.717, 1.165) is 24.2 Å². The molecule has 0 fully saturated rings. The highest BCUT2D eigenvalue weighted by Crippen LogP contribution is 2.04. The van der Waals surface area contributed by atoms with E-state index in [1.165, 1.54) is 0 Å². The van der Waals surface area contributed by atoms with Crippen LogP contribution in [0, 0.1) is 0 Å². The number of amides is 1. The summed E-state index contributed by atoms with van der Waals surface area (Å²) >= 11 is 0. The highest BCUT2D eigenvalue weighted by molar-refractivity contribution is 5.78. The van der Waals surface area contributed by atoms with E-state index in [2.05, 4.69) is 10.6 Å². The van der Waals surface area contributed by atoms with Gasteiger partial charge in [0.25, 0.3) is 0 Å². The summed E-state index contributed by atoms with van der Waals surface area (Å²) in [4.78, 5) is 11.7. The second-order valence-corrected chi connectivity index (χ2v) is 4.66. The topological polar surface area (TPSA) is 41.1 Å². The van der Waals surface area contributed by atoms with Crippen LogP contribution in [0.3, 0.4) is 0 Å². The van der Waals surface area contributed by atoms with Gasteiger partial charge in [-0.3, -0.25) is 4.79 Å². The maximum Gasteiger partial charge on any atom is 0.224 e. The van der Waals surface area contributed by atoms with Gasteiger partial charge in [0.2, 0.25) is 5.91 Å². The second-order valence-electron chi connectivity index (χ2n) is 4.66. The maximum atomic E-state index is 11.7. The number of nitrogens with one attached hydrogen (secondary N) is 2. The van der Waals surface area contributed by atoms with Crippen LogP contribution in [-0.4, -0.2) is 19.0 Å². The van der Waals surface area contributed by atoms with Crippen molar-refractivity contribution in [1.29, 1.82) is 0 Å². The van der Waals surface area contributed by atoms with E-state index in [4.69, 9.17) is 0 Å². The van der Waals surface area contributed by atoms with Gasteiger partial charge in [0.05, 0.1) is 6.42 Å². The van der Waals surface area contributed by atoms with Crippen molar-refractivity contribution in [1.82, 2.24) is 5.32 Å². The van der Waals surface area contributed by atoms with E-state index in [0.29, 0.717) is 13.0 Å². The van der Waals surface area contributed by atoms with Gasteiger partial charge >= 0.3 is 0 Å². The van der Waals surface area contributed by atoms with Crippen LogP contribution < -0.4 is 10.6 Å². The van der Waals surface area contributed by atoms with Crippen LogP contribution in [0.4, 0.5) is 5.69 Å². The van der Waals surface area contributed by atoms with E-state index < -0.39 is 0 Å². The van der Waals surface area contributed by atoms with Crippen molar-refractivity contribution >= 4 is 11.6 Å². The third kappa shape index (κ3) is 5.14. The quantitative estimate of drug-likeness (QED) is 0.758. The molecule has 0 saturated heterocycles. The Morgan fingerprint density at radius 1 is 0.850 bits per heavy atom. The Morgan fingerprint density at radius 3 is 2.20 bits per heavy atom. The predicted molar refractivity (Wildman–Crippen MR) is 82.7 cm³/mol. The van der Waals surface area contributed by atoms with Gasteiger partial charge in [-0.1, -0.05) is 48.5 Å². The zero-order valence-electron chi connectivity index (χ0n) is 11.5. The molecule has 0 aliphatic rings. The number of para-hydroxylation sites is 1. The zero-order chi connectivity index (χ0) is 14.0. The first-order valence-electron chi connectivity index (χ1n) is 6.94. The number of hydrogen-bond acceptors (Lipinski definition) is 2. The zero-order valence-corrected chi connectivity index (χ0v) is 11.5. The van der Waals surface area contributed by atoms with Crippen molar-refractivity contribution in [2.75, 3.05) is 18.4 Å². The van der Waals surface area contributed by atoms with Gasteiger partial charge in [0.1, 0.15) is 0 Å². The lowest BCUT2D eigenvalue weighted by Crippen LogP contribution is -2.27. The van der Waals surface area contributed by atoms with E-state index >= 15 is 0 Å². The van der Waals surface area contributed by atoms with Gasteiger partial charge in [-0.05, 0) is 24.1 Å². The lowest BCUT2D eigenvalue weighted by atomic mass is 10.1. The van der Waals surface area contributed by atoms with Crippen molar-refractivity contribution < 1.29 is 4.79 Å². The number of hydrogen-bond donors (Lipinski definition) is 2. The number of anilines is 1. The average Bonchev–Trinajstić information content (AvgIpc) is 2.49. The van der Waals surface area contributed by atoms with Crippen LogP contribution in [0.5, 0.6) is 0 Å². The fraction of sp³-hybridized carbons (Fsp3) is 0.235. The van der Waals surface area contributed by atoms with Crippen molar-refractivity contribution in [3.8, 4) is 0 Å². The molecule has 2 N–H and O–H groups in total. The molecule has 2 aromatic rings. The summed E-state index contributed by atoms with van der Waals surface area (Å²) in [7, 11) is 0. The van der Waals surface area contributed by atoms with Gasteiger partial charge in [-0.15, -0.1) is 0 Å². The molecule has 0 atom stereocenters. The van der Waals surface area contributed by atoms with Crippen LogP contribution in [0.25, 0.3) is 0 Å². The molecular formula is C17H20N2O. The number of rotatable bonds is 7. The summed E-state index contributed by atoms with van der Waals surface area (Å²) in [5, 5.41) is 6.26. The molecule has 0 spiro atoms. The molecule has 104 valence electrons. The highest BCUT2D eigenvalue weighted by atomic mass is 16.1. The molecule has 0 radical (unpaired) electrons. The molecule has 2 aromatic carbocycles. The third-order valence-corrected chi connectivity index (χ3v) is 2.99. The SMILES string of the molecule is O=C(Cc1ccccc1)NCCCNc1ccccc1. The summed E-state index contributed by atoms with van der Waals surface area (Å²) in [6, 6.07) is 19.9. The molecule has 0 heterocycles. The summed E-state index contributed by atoms with van der Waals surface area (Å²) in [5.74, 6) is 0.0795. The number of carbonyl (C=O) groups is 1. The smallest absolute Gasteiger partial charge is 0.224 e. The maximum absolute atomic E-state index is 11.7. The largest absolute Gasteiger partial charge is 0.385 e. The fourth-order valence-electron chi connectivity index (χ4n) is 1.95. The fourth-order valence-corrected chi connectivity index (χ4v) is 1.95. The average molecular weight is 268 g/mol. The Morgan fingerprint density at radius 2 is 1.50 bits per heavy atom. The molecule has 3 heteroatoms. The van der Waals surface area contributed by atoms with Crippen LogP contribution >= 0.6 is 0 Å². The van der Waals surface area contributed by atoms with Gasteiger partial charge < -0.3 is 10.6 Å². The summed E-state index contributed by atoms with van der Waals surface area (Å²) < 4.78 is 0. The third-order valence-electron chi connectivity index (χ3n) is 2.99. The summed E-state index contributed by atoms with van der Waals surface area (Å²) in [5.41, 5.74) is 2.16. The van der Waals surface area contributed by atoms with E-state index in [9.17, 15) is 4.79 Å². The monoisotopic (exact) mass is 268 g/mol. The van der Waals surface area contributed by atoms with Crippen LogP contribution in [-0.2, 0) is 11.2 Å². The lowest BCUT2D eigenvalue weighted by Gasteiger charge is -2.07. The summed E-state index contributed by atoms with van der Waals surface area (Å²) in [6.07, 6.45) is 1.36. The molecule has 20 heavy (non-hydrogen) atoms. The van der Waals surface area contributed by atoms with Crippen molar-refractivity contribution in [3.05, 3.63) is 66.2 Å². The Balaban J connectivity index is 1.58. The number of benzene rings is 2. The normalized spacial score (nSPS) is 10.0. The molecule has 1 amide bonds. The van der Waals surface area contributed by atoms with Gasteiger partial charge in [-0.2, -0.15) is 0 Å². The van der Waals surface area contributed by atoms with Gasteiger partial charge in [0.15, 0.2) is 0 Å². The first-order chi connectivity index (χ1) is 9.84. The Hall–Kier alpha value is -2.29. The molecule has 0 aromatic heterocycles. The van der Waals surface area contributed by atoms with Gasteiger partial charge in [0, 0.05) is 18.8 Å². The molecule has 0 aliphatic carbocycles. The number of carbonyl (C=O) groups excluding carboxylic acids is 1. The predicted octanol–water partition coefficient (Wildman–Crippen LogP) is 2.85. The molecule has 0 unspecified atom stereocenters. The second kappa shape index (κ2) is 8.00. The van der Waals surface area contributed by atoms with Crippen molar-refractivity contribution in [3.63, 3.8) is 0 Å². The van der Waals surface area contributed by atoms with E-state index in [-0.39, 0.29) is 5.91 Å². The van der Waals surface area contributed by atoms with Gasteiger partial charge in [-0.25, -0.2) is 0 Å². The van der Waals surface area contributed by atoms with E-state index in [1.807, 2.05) is 60.7 Å². The minimum atomic E-state index is 0.0795. The Labute approximate surface area is 120 Å². The summed E-state index contributed by atoms with van der Waals surface area (Å²) in [6.45, 7) is 1.56. The minimum absolute atomic E-state index is 0.0795. The lowest BCUT2D eigenvalue weighted by molar-refractivity contribution is -0.120. The molecule has 0 saturated carbocycles. The van der Waals surface area contributed by atoms with Crippen LogP contribution in [0.1, 0.15) is 12.0 Å². The molecule has 3 nitrogen and oxygen atoms in total. The van der Waals surface area contributed by atoms with E-state index in [1.54, 1.807) is 0 Å². The van der Waals surface area contributed by atoms with Crippen molar-refractivity contribution in [2.24, 2.45) is 0 Å².